The van der Waals surface area contributed by atoms with Crippen molar-refractivity contribution in [3.63, 3.8) is 0 Å². The molecule has 2 N–H and O–H groups in total. The van der Waals surface area contributed by atoms with Crippen molar-refractivity contribution in [3.8, 4) is 0 Å². The van der Waals surface area contributed by atoms with Gasteiger partial charge in [0.2, 0.25) is 0 Å². The van der Waals surface area contributed by atoms with Gasteiger partial charge in [0.25, 0.3) is 0 Å². The van der Waals surface area contributed by atoms with E-state index in [1.54, 1.807) is 13.8 Å². The molecule has 0 saturated carbocycles. The van der Waals surface area contributed by atoms with Gasteiger partial charge in [-0.3, -0.25) is 0 Å². The second-order valence-electron chi connectivity index (χ2n) is 4.67. The lowest BCUT2D eigenvalue weighted by Crippen LogP contribution is -2.24. The minimum absolute atomic E-state index is 0.0170. The lowest BCUT2D eigenvalue weighted by Gasteiger charge is -2.16. The summed E-state index contributed by atoms with van der Waals surface area (Å²) in [5.74, 6) is 0. The highest BCUT2D eigenvalue weighted by atomic mass is 16.5. The molecule has 0 heterocycles. The fourth-order valence-electron chi connectivity index (χ4n) is 1.06. The highest BCUT2D eigenvalue weighted by Gasteiger charge is 2.06. The maximum atomic E-state index is 8.92. The van der Waals surface area contributed by atoms with E-state index in [9.17, 15) is 0 Å². The molecule has 0 aromatic heterocycles. The summed E-state index contributed by atoms with van der Waals surface area (Å²) in [7, 11) is 0. The van der Waals surface area contributed by atoms with Crippen LogP contribution < -0.4 is 0 Å². The van der Waals surface area contributed by atoms with Gasteiger partial charge < -0.3 is 19.7 Å². The first-order valence-electron chi connectivity index (χ1n) is 6.99. The van der Waals surface area contributed by atoms with Crippen molar-refractivity contribution < 1.29 is 19.7 Å². The molecule has 0 bridgehead atoms. The third-order valence-electron chi connectivity index (χ3n) is 2.20. The van der Waals surface area contributed by atoms with E-state index in [0.29, 0.717) is 13.2 Å². The van der Waals surface area contributed by atoms with E-state index in [1.165, 1.54) is 19.3 Å². The van der Waals surface area contributed by atoms with Crippen LogP contribution in [0, 0.1) is 0 Å². The lowest BCUT2D eigenvalue weighted by atomic mass is 10.3. The van der Waals surface area contributed by atoms with E-state index in [2.05, 4.69) is 13.8 Å². The first-order chi connectivity index (χ1) is 8.47. The summed E-state index contributed by atoms with van der Waals surface area (Å²) in [6.45, 7) is 10.5. The van der Waals surface area contributed by atoms with Crippen LogP contribution in [0.5, 0.6) is 0 Å². The number of aliphatic hydroxyl groups is 2. The summed E-state index contributed by atoms with van der Waals surface area (Å²) in [5, 5.41) is 17.6. The van der Waals surface area contributed by atoms with Crippen LogP contribution in [0.1, 0.15) is 53.9 Å². The summed E-state index contributed by atoms with van der Waals surface area (Å²) >= 11 is 0. The fourth-order valence-corrected chi connectivity index (χ4v) is 1.06. The first kappa shape index (κ1) is 20.2. The second kappa shape index (κ2) is 14.9. The van der Waals surface area contributed by atoms with Crippen molar-refractivity contribution in [2.75, 3.05) is 19.8 Å². The third kappa shape index (κ3) is 18.2. The van der Waals surface area contributed by atoms with Crippen molar-refractivity contribution in [1.82, 2.24) is 0 Å². The van der Waals surface area contributed by atoms with Crippen LogP contribution in [-0.2, 0) is 9.47 Å². The Kier molecular flexibility index (Phi) is 16.7. The van der Waals surface area contributed by atoms with Crippen molar-refractivity contribution in [1.29, 1.82) is 0 Å². The number of hydrogen-bond donors (Lipinski definition) is 2. The summed E-state index contributed by atoms with van der Waals surface area (Å²) in [6, 6.07) is 0. The van der Waals surface area contributed by atoms with E-state index >= 15 is 0 Å². The number of ether oxygens (including phenoxy) is 2. The van der Waals surface area contributed by atoms with Gasteiger partial charge in [-0.1, -0.05) is 33.1 Å². The average molecular weight is 264 g/mol. The lowest BCUT2D eigenvalue weighted by molar-refractivity contribution is -0.0620. The first-order valence-corrected chi connectivity index (χ1v) is 6.99. The Morgan fingerprint density at radius 1 is 0.889 bits per heavy atom. The Labute approximate surface area is 112 Å². The molecule has 0 fully saturated rings. The smallest absolute Gasteiger partial charge is 0.0781 e. The molecule has 4 heteroatoms. The van der Waals surface area contributed by atoms with Gasteiger partial charge in [-0.15, -0.1) is 0 Å². The number of rotatable bonds is 9. The molecule has 0 amide bonds. The molecule has 3 atom stereocenters. The quantitative estimate of drug-likeness (QED) is 0.671. The maximum absolute atomic E-state index is 8.92. The molecule has 18 heavy (non-hydrogen) atoms. The minimum atomic E-state index is -0.447. The van der Waals surface area contributed by atoms with Crippen molar-refractivity contribution in [3.05, 3.63) is 0 Å². The summed E-state index contributed by atoms with van der Waals surface area (Å²) in [5.41, 5.74) is 0. The second-order valence-corrected chi connectivity index (χ2v) is 4.67. The molecule has 0 aliphatic heterocycles. The Morgan fingerprint density at radius 3 is 1.72 bits per heavy atom. The molecule has 0 aliphatic rings. The average Bonchev–Trinajstić information content (AvgIpc) is 2.35. The van der Waals surface area contributed by atoms with Crippen LogP contribution in [0.3, 0.4) is 0 Å². The highest BCUT2D eigenvalue weighted by molar-refractivity contribution is 4.52. The largest absolute Gasteiger partial charge is 0.394 e. The molecular weight excluding hydrogens is 232 g/mol. The van der Waals surface area contributed by atoms with Crippen molar-refractivity contribution >= 4 is 0 Å². The topological polar surface area (TPSA) is 58.9 Å². The van der Waals surface area contributed by atoms with E-state index in [-0.39, 0.29) is 18.8 Å². The van der Waals surface area contributed by atoms with Gasteiger partial charge in [-0.2, -0.15) is 0 Å². The third-order valence-corrected chi connectivity index (χ3v) is 2.20. The molecule has 0 spiro atoms. The Balaban J connectivity index is 0. The zero-order chi connectivity index (χ0) is 14.4. The van der Waals surface area contributed by atoms with Gasteiger partial charge in [0.05, 0.1) is 38.1 Å². The van der Waals surface area contributed by atoms with Gasteiger partial charge in [0.15, 0.2) is 0 Å². The summed E-state index contributed by atoms with van der Waals surface area (Å²) < 4.78 is 10.5. The van der Waals surface area contributed by atoms with E-state index < -0.39 is 6.10 Å². The fraction of sp³-hybridized carbons (Fsp3) is 1.00. The van der Waals surface area contributed by atoms with Gasteiger partial charge >= 0.3 is 0 Å². The standard InChI is InChI=1S/C9H20O4.C5H12/c1-7(11)5-12-9(3)6-13-8(2)4-10;1-3-5-4-2/h7-11H,4-6H2,1-3H3;3-5H2,1-2H3. The normalized spacial score (nSPS) is 15.5. The minimum Gasteiger partial charge on any atom is -0.394 e. The van der Waals surface area contributed by atoms with Crippen LogP contribution in [0.2, 0.25) is 0 Å². The number of unbranched alkanes of at least 4 members (excludes halogenated alkanes) is 2. The van der Waals surface area contributed by atoms with Crippen LogP contribution in [0.25, 0.3) is 0 Å². The summed E-state index contributed by atoms with van der Waals surface area (Å²) in [4.78, 5) is 0. The molecule has 0 saturated heterocycles. The molecule has 0 radical (unpaired) electrons. The molecule has 0 aromatic rings. The van der Waals surface area contributed by atoms with Gasteiger partial charge in [-0.25, -0.2) is 0 Å². The predicted octanol–water partition coefficient (Wildman–Crippen LogP) is 2.37. The highest BCUT2D eigenvalue weighted by Crippen LogP contribution is 1.97. The van der Waals surface area contributed by atoms with Gasteiger partial charge in [0, 0.05) is 0 Å². The van der Waals surface area contributed by atoms with Crippen molar-refractivity contribution in [2.45, 2.75) is 72.2 Å². The molecule has 0 aliphatic carbocycles. The zero-order valence-corrected chi connectivity index (χ0v) is 12.7. The van der Waals surface area contributed by atoms with Crippen molar-refractivity contribution in [2.24, 2.45) is 0 Å². The van der Waals surface area contributed by atoms with Crippen LogP contribution in [-0.4, -0.2) is 48.3 Å². The zero-order valence-electron chi connectivity index (χ0n) is 12.7. The van der Waals surface area contributed by atoms with Crippen LogP contribution >= 0.6 is 0 Å². The maximum Gasteiger partial charge on any atom is 0.0781 e. The molecule has 0 aromatic carbocycles. The molecule has 112 valence electrons. The molecular formula is C14H32O4. The number of hydrogen-bond acceptors (Lipinski definition) is 4. The summed E-state index contributed by atoms with van der Waals surface area (Å²) in [6.07, 6.45) is 3.42. The molecule has 4 nitrogen and oxygen atoms in total. The predicted molar refractivity (Wildman–Crippen MR) is 74.8 cm³/mol. The Morgan fingerprint density at radius 2 is 1.39 bits per heavy atom. The Bertz CT molecular complexity index is 149. The SMILES string of the molecule is CC(O)COC(C)COC(C)CO.CCCCC. The monoisotopic (exact) mass is 264 g/mol. The van der Waals surface area contributed by atoms with Crippen LogP contribution in [0.15, 0.2) is 0 Å². The van der Waals surface area contributed by atoms with E-state index in [0.717, 1.165) is 0 Å². The van der Waals surface area contributed by atoms with Gasteiger partial charge in [-0.05, 0) is 20.8 Å². The van der Waals surface area contributed by atoms with E-state index in [1.807, 2.05) is 6.92 Å². The Hall–Kier alpha value is -0.160. The van der Waals surface area contributed by atoms with Gasteiger partial charge in [0.1, 0.15) is 0 Å². The van der Waals surface area contributed by atoms with Crippen LogP contribution in [0.4, 0.5) is 0 Å². The number of aliphatic hydroxyl groups excluding tert-OH is 2. The molecule has 0 rings (SSSR count). The molecule has 3 unspecified atom stereocenters. The van der Waals surface area contributed by atoms with E-state index in [4.69, 9.17) is 19.7 Å².